The number of likely N-dealkylation sites (N-methyl/N-ethyl adjacent to an activating group) is 3. The minimum Gasteiger partial charge on any atom is -0.394 e. The summed E-state index contributed by atoms with van der Waals surface area (Å²) >= 11 is 0.804. The van der Waals surface area contributed by atoms with Gasteiger partial charge in [-0.15, -0.1) is 11.8 Å². The van der Waals surface area contributed by atoms with Crippen LogP contribution in [0.25, 0.3) is 10.9 Å². The summed E-state index contributed by atoms with van der Waals surface area (Å²) in [6.45, 7) is 7.80. The number of amides is 17. The summed E-state index contributed by atoms with van der Waals surface area (Å²) in [6.07, 6.45) is 4.57. The monoisotopic (exact) mass is 1810 g/mol. The normalized spacial score (nSPS) is 24.0. The molecule has 8 rings (SSSR count). The van der Waals surface area contributed by atoms with Crippen LogP contribution in [0, 0.1) is 18.3 Å². The number of aryl methyl sites for hydroxylation is 1. The van der Waals surface area contributed by atoms with Crippen LogP contribution in [-0.4, -0.2) is 290 Å². The third kappa shape index (κ3) is 29.0. The molecule has 3 aliphatic heterocycles. The summed E-state index contributed by atoms with van der Waals surface area (Å²) in [6, 6.07) is 0.977. The predicted molar refractivity (Wildman–Crippen MR) is 477 cm³/mol. The highest BCUT2D eigenvalue weighted by Crippen LogP contribution is 2.31. The number of aliphatic hydroxyl groups excluding tert-OH is 1. The van der Waals surface area contributed by atoms with Crippen LogP contribution in [0.5, 0.6) is 0 Å². The van der Waals surface area contributed by atoms with Crippen LogP contribution in [-0.2, 0) is 107 Å². The summed E-state index contributed by atoms with van der Waals surface area (Å²) in [5, 5.41) is 48.7. The number of nitrogens with one attached hydrogen (secondary N) is 14. The zero-order valence-electron chi connectivity index (χ0n) is 74.2. The zero-order valence-corrected chi connectivity index (χ0v) is 75.0. The van der Waals surface area contributed by atoms with Crippen LogP contribution in [0.15, 0.2) is 91.5 Å². The van der Waals surface area contributed by atoms with Crippen molar-refractivity contribution in [2.45, 2.75) is 223 Å². The zero-order chi connectivity index (χ0) is 94.5. The minimum absolute atomic E-state index is 0.00306. The Balaban J connectivity index is 1.17. The van der Waals surface area contributed by atoms with E-state index in [-0.39, 0.29) is 95.3 Å². The number of nitrogens with zero attached hydrogens (tertiary/aromatic N) is 6. The molecule has 700 valence electrons. The number of carbonyl (C=O) groups is 17. The van der Waals surface area contributed by atoms with Gasteiger partial charge in [0, 0.05) is 100 Å². The van der Waals surface area contributed by atoms with Gasteiger partial charge in [-0.25, -0.2) is 4.98 Å². The number of imidazole rings is 1. The molecule has 0 saturated carbocycles. The van der Waals surface area contributed by atoms with E-state index in [0.717, 1.165) is 41.8 Å². The Kier molecular flexibility index (Phi) is 38.3. The molecule has 2 saturated heterocycles. The molecule has 2 bridgehead atoms. The van der Waals surface area contributed by atoms with Crippen molar-refractivity contribution < 1.29 is 86.6 Å². The fraction of sp³-hybridized carbons (Fsp3) is 0.529. The molecule has 0 spiro atoms. The number of hydrogen-bond donors (Lipinski definition) is 18. The summed E-state index contributed by atoms with van der Waals surface area (Å²) in [5.41, 5.74) is 20.4. The Bertz CT molecular complexity index is 4850. The van der Waals surface area contributed by atoms with Crippen molar-refractivity contribution in [1.29, 1.82) is 5.41 Å². The van der Waals surface area contributed by atoms with Crippen molar-refractivity contribution in [2.24, 2.45) is 23.1 Å². The molecule has 5 aromatic rings. The first-order chi connectivity index (χ1) is 61.4. The van der Waals surface area contributed by atoms with Crippen LogP contribution in [0.1, 0.15) is 140 Å². The number of unbranched alkanes of at least 4 members (excludes halogenated alkanes) is 2. The van der Waals surface area contributed by atoms with Gasteiger partial charge < -0.3 is 110 Å². The van der Waals surface area contributed by atoms with E-state index in [0.29, 0.717) is 59.0 Å². The lowest BCUT2D eigenvalue weighted by atomic mass is 9.95. The van der Waals surface area contributed by atoms with Crippen molar-refractivity contribution in [2.75, 3.05) is 70.3 Å². The number of fused-ring (bicyclic) bond motifs is 6. The number of guanidine groups is 1. The van der Waals surface area contributed by atoms with Crippen LogP contribution in [0.3, 0.4) is 0 Å². The highest BCUT2D eigenvalue weighted by Gasteiger charge is 2.45. The number of para-hydroxylation sites is 2. The number of nitrogens with two attached hydrogens (primary N) is 3. The lowest BCUT2D eigenvalue weighted by Crippen LogP contribution is -2.61. The van der Waals surface area contributed by atoms with Gasteiger partial charge in [0.15, 0.2) is 5.96 Å². The largest absolute Gasteiger partial charge is 0.394 e. The first-order valence-electron chi connectivity index (χ1n) is 43.3. The number of carbonyl (C=O) groups excluding carboxylic acids is 17. The average molecular weight is 1810 g/mol. The Morgan fingerprint density at radius 3 is 1.91 bits per heavy atom. The standard InChI is InChI=1S/C87H123N23O18S/c1-10-12-27-67-80(122)99-57(26-19-31-93-87(90)91)76(118)105-65(75(117)95-42-71(89)113)45-129-46-73(115)98-62-36-52-23-14-17-29-66(52)110(85(62)127)50(6)74(116)101-63(39-70(88)112)84(126)109-32-20-30-68(109)81(123)100-59(38-54-41-92-47-96-54)78(120)102-60(33-48(3)4)82(124)106(7)43-72(114)97-58(35-51-22-18-21-49(5)34-51)77(119)104-64(44-111)79(121)103-61(37-53-40-94-56-25-16-15-24-55(53)56)83(125)108(9)69(28-13-11-2)86(128)107(67)8/h14-18,21-25,29,34,40-41,47-48,50,57-65,67-69,94,111H,10-13,19-20,26-28,30-33,35-39,42-46H2,1-9H3,(H2,88,112)(H2,89,113)(H,92,96)(H,95,117)(H,97,114)(H,98,115)(H,99,122)(H,100,123)(H,101,116)(H,102,120)(H,103,121)(H,104,119)(H,105,118)(H4,90,91,93)/t50-,57-,58-,59-,60-,61-,62-,63-,64-,65-,67-,68-,69-/m0/s1. The van der Waals surface area contributed by atoms with Gasteiger partial charge in [0.05, 0.1) is 38.2 Å². The number of hydrogen-bond acceptors (Lipinski definition) is 21. The van der Waals surface area contributed by atoms with Crippen LogP contribution < -0.4 is 80.6 Å². The fourth-order valence-electron chi connectivity index (χ4n) is 15.8. The smallest absolute Gasteiger partial charge is 0.250 e. The molecule has 0 aliphatic carbocycles. The quantitative estimate of drug-likeness (QED) is 0.0174. The van der Waals surface area contributed by atoms with E-state index in [2.05, 4.69) is 73.4 Å². The molecule has 2 aromatic heterocycles. The number of aromatic nitrogens is 3. The van der Waals surface area contributed by atoms with Crippen molar-refractivity contribution in [1.82, 2.24) is 93.0 Å². The third-order valence-corrected chi connectivity index (χ3v) is 23.7. The van der Waals surface area contributed by atoms with Gasteiger partial charge in [0.25, 0.3) is 5.91 Å². The fourth-order valence-corrected chi connectivity index (χ4v) is 16.7. The van der Waals surface area contributed by atoms with E-state index in [1.54, 1.807) is 99.8 Å². The first kappa shape index (κ1) is 101. The van der Waals surface area contributed by atoms with Gasteiger partial charge >= 0.3 is 0 Å². The Morgan fingerprint density at radius 1 is 0.612 bits per heavy atom. The maximum absolute atomic E-state index is 15.6. The lowest BCUT2D eigenvalue weighted by molar-refractivity contribution is -0.149. The number of aromatic amines is 2. The molecule has 17 amide bonds. The highest BCUT2D eigenvalue weighted by atomic mass is 32.2. The lowest BCUT2D eigenvalue weighted by Gasteiger charge is -2.38. The van der Waals surface area contributed by atoms with E-state index < -0.39 is 223 Å². The molecule has 3 aliphatic rings. The van der Waals surface area contributed by atoms with Gasteiger partial charge in [0.1, 0.15) is 78.5 Å². The molecule has 42 heteroatoms. The second kappa shape index (κ2) is 48.8. The topological polar surface area (TPSA) is 605 Å². The number of benzene rings is 3. The van der Waals surface area contributed by atoms with E-state index in [9.17, 15) is 72.2 Å². The minimum atomic E-state index is -1.83. The second-order valence-corrected chi connectivity index (χ2v) is 34.2. The summed E-state index contributed by atoms with van der Waals surface area (Å²) in [4.78, 5) is 264. The Labute approximate surface area is 751 Å². The summed E-state index contributed by atoms with van der Waals surface area (Å²) < 4.78 is 0. The summed E-state index contributed by atoms with van der Waals surface area (Å²) in [7, 11) is 4.00. The molecule has 129 heavy (non-hydrogen) atoms. The van der Waals surface area contributed by atoms with Crippen LogP contribution in [0.4, 0.5) is 5.69 Å². The predicted octanol–water partition coefficient (Wildman–Crippen LogP) is -2.42. The number of H-pyrrole nitrogens is 2. The van der Waals surface area contributed by atoms with Crippen molar-refractivity contribution in [3.05, 3.63) is 119 Å². The van der Waals surface area contributed by atoms with Crippen molar-refractivity contribution in [3.8, 4) is 0 Å². The van der Waals surface area contributed by atoms with E-state index in [1.807, 2.05) is 13.8 Å². The Morgan fingerprint density at radius 2 is 1.25 bits per heavy atom. The molecule has 5 heterocycles. The van der Waals surface area contributed by atoms with Crippen LogP contribution in [0.2, 0.25) is 0 Å². The molecule has 2 fully saturated rings. The number of anilines is 1. The molecule has 21 N–H and O–H groups in total. The van der Waals surface area contributed by atoms with Crippen molar-refractivity contribution in [3.63, 3.8) is 0 Å². The van der Waals surface area contributed by atoms with Gasteiger partial charge in [-0.1, -0.05) is 120 Å². The van der Waals surface area contributed by atoms with Gasteiger partial charge in [-0.3, -0.25) is 91.8 Å². The third-order valence-electron chi connectivity index (χ3n) is 22.7. The maximum atomic E-state index is 15.6. The van der Waals surface area contributed by atoms with Gasteiger partial charge in [0.2, 0.25) is 94.5 Å². The molecule has 0 unspecified atom stereocenters. The second-order valence-electron chi connectivity index (χ2n) is 33.2. The molecule has 41 nitrogen and oxygen atoms in total. The van der Waals surface area contributed by atoms with Crippen molar-refractivity contribution >= 4 is 135 Å². The maximum Gasteiger partial charge on any atom is 0.250 e. The van der Waals surface area contributed by atoms with Crippen LogP contribution >= 0.6 is 11.8 Å². The SMILES string of the molecule is CCCC[C@H]1C(=O)N(C)[C@@H](CCCC)C(=O)N[C@@H](CCCNC(=N)N)C(=O)N[C@H](C(=O)NCC(N)=O)CSCC(=O)N[C@H]2Cc3ccccc3N(C2=O)[C@@H](C)C(=O)N[C@@H](CC(N)=O)C(=O)N2CCC[C@H]2C(=O)N[C@@H](Cc2cnc[nH]2)C(=O)N[C@@H](CC(C)C)C(=O)N(C)CC(=O)N[C@@H](Cc2cccc(C)c2)C(=O)N[C@@H](CO)C(=O)N[C@@H](Cc2c[nH]c3ccccc23)C(=O)N1C. The highest BCUT2D eigenvalue weighted by molar-refractivity contribution is 8.00. The molecule has 13 atom stereocenters. The number of aliphatic hydroxyl groups is 1. The summed E-state index contributed by atoms with van der Waals surface area (Å²) in [5.74, 6) is -16.9. The Hall–Kier alpha value is -13.0. The molecular formula is C87H123N23O18S. The number of primary amides is 2. The average Bonchev–Trinajstić information content (AvgIpc) is 0.810. The number of thioether (sulfide) groups is 1. The molecular weight excluding hydrogens is 1690 g/mol. The number of rotatable bonds is 24. The molecule has 3 aromatic carbocycles. The molecule has 0 radical (unpaired) electrons. The van der Waals surface area contributed by atoms with E-state index >= 15 is 14.4 Å². The first-order valence-corrected chi connectivity index (χ1v) is 44.5. The van der Waals surface area contributed by atoms with Gasteiger partial charge in [-0.2, -0.15) is 0 Å². The van der Waals surface area contributed by atoms with E-state index in [1.165, 1.54) is 40.6 Å². The van der Waals surface area contributed by atoms with Gasteiger partial charge in [-0.05, 0) is 93.5 Å². The van der Waals surface area contributed by atoms with E-state index in [4.69, 9.17) is 22.6 Å².